The Labute approximate surface area is 176 Å². The molecule has 8 nitrogen and oxygen atoms in total. The summed E-state index contributed by atoms with van der Waals surface area (Å²) >= 11 is 0. The molecule has 1 unspecified atom stereocenters. The van der Waals surface area contributed by atoms with Gasteiger partial charge in [-0.2, -0.15) is 0 Å². The first-order valence-corrected chi connectivity index (χ1v) is 9.99. The summed E-state index contributed by atoms with van der Waals surface area (Å²) < 4.78 is 0. The molecule has 2 amide bonds. The number of aryl methyl sites for hydroxylation is 2. The molecule has 8 heteroatoms. The highest BCUT2D eigenvalue weighted by Gasteiger charge is 2.33. The van der Waals surface area contributed by atoms with Crippen LogP contribution in [0, 0.1) is 19.8 Å². The van der Waals surface area contributed by atoms with E-state index in [4.69, 9.17) is 5.73 Å². The lowest BCUT2D eigenvalue weighted by atomic mass is 10.0. The third kappa shape index (κ3) is 4.76. The van der Waals surface area contributed by atoms with E-state index in [1.807, 2.05) is 32.0 Å². The van der Waals surface area contributed by atoms with Gasteiger partial charge >= 0.3 is 0 Å². The molecule has 0 radical (unpaired) electrons. The summed E-state index contributed by atoms with van der Waals surface area (Å²) in [5, 5.41) is 9.51. The minimum Gasteiger partial charge on any atom is -0.366 e. The Morgan fingerprint density at radius 2 is 1.93 bits per heavy atom. The highest BCUT2D eigenvalue weighted by molar-refractivity contribution is 5.96. The first-order chi connectivity index (χ1) is 14.3. The molecule has 1 heterocycles. The lowest BCUT2D eigenvalue weighted by Gasteiger charge is -2.23. The van der Waals surface area contributed by atoms with Crippen LogP contribution in [0.2, 0.25) is 0 Å². The van der Waals surface area contributed by atoms with Crippen LogP contribution in [0.4, 0.5) is 17.3 Å². The molecule has 1 aromatic heterocycles. The number of rotatable bonds is 7. The number of carbonyl (C=O) groups is 2. The zero-order valence-corrected chi connectivity index (χ0v) is 17.5. The molecule has 3 atom stereocenters. The number of amides is 2. The largest absolute Gasteiger partial charge is 0.366 e. The number of nitrogens with one attached hydrogen (secondary N) is 3. The van der Waals surface area contributed by atoms with Crippen molar-refractivity contribution in [3.63, 3.8) is 0 Å². The van der Waals surface area contributed by atoms with Crippen molar-refractivity contribution >= 4 is 29.1 Å². The average molecular weight is 409 g/mol. The van der Waals surface area contributed by atoms with Crippen molar-refractivity contribution in [2.24, 2.45) is 11.7 Å². The van der Waals surface area contributed by atoms with Gasteiger partial charge in [0.25, 0.3) is 5.91 Å². The van der Waals surface area contributed by atoms with Crippen molar-refractivity contribution < 1.29 is 9.59 Å². The molecule has 158 valence electrons. The van der Waals surface area contributed by atoms with Gasteiger partial charge in [0.1, 0.15) is 5.82 Å². The highest BCUT2D eigenvalue weighted by atomic mass is 16.2. The molecule has 0 aliphatic heterocycles. The van der Waals surface area contributed by atoms with Crippen molar-refractivity contribution in [3.8, 4) is 0 Å². The number of nitrogens with two attached hydrogens (primary N) is 1. The van der Waals surface area contributed by atoms with Gasteiger partial charge in [-0.05, 0) is 61.9 Å². The number of carbonyl (C=O) groups excluding carboxylic acids is 2. The minimum absolute atomic E-state index is 0.0685. The fourth-order valence-electron chi connectivity index (χ4n) is 3.69. The molecule has 0 saturated heterocycles. The maximum atomic E-state index is 11.8. The number of primary amides is 1. The molecule has 1 aliphatic rings. The van der Waals surface area contributed by atoms with Crippen LogP contribution in [0.1, 0.15) is 41.4 Å². The summed E-state index contributed by atoms with van der Waals surface area (Å²) in [6, 6.07) is 6.08. The topological polar surface area (TPSA) is 122 Å². The Balaban J connectivity index is 1.79. The normalized spacial score (nSPS) is 20.4. The molecule has 30 heavy (non-hydrogen) atoms. The van der Waals surface area contributed by atoms with Crippen molar-refractivity contribution in [2.45, 2.75) is 45.7 Å². The third-order valence-corrected chi connectivity index (χ3v) is 5.68. The van der Waals surface area contributed by atoms with E-state index in [-0.39, 0.29) is 29.6 Å². The van der Waals surface area contributed by atoms with Crippen LogP contribution in [-0.4, -0.2) is 33.9 Å². The molecule has 1 fully saturated rings. The summed E-state index contributed by atoms with van der Waals surface area (Å²) in [6.45, 7) is 9.63. The van der Waals surface area contributed by atoms with Gasteiger partial charge in [0.05, 0.1) is 6.20 Å². The minimum atomic E-state index is -0.651. The second-order valence-electron chi connectivity index (χ2n) is 7.75. The van der Waals surface area contributed by atoms with E-state index < -0.39 is 5.91 Å². The maximum absolute atomic E-state index is 11.8. The van der Waals surface area contributed by atoms with Crippen molar-refractivity contribution in [1.29, 1.82) is 0 Å². The van der Waals surface area contributed by atoms with E-state index in [1.54, 1.807) is 0 Å². The standard InChI is InChI=1S/C22H28N6O2/c1-5-19(29)27-17-9-8-16(14(17)4)26-18-11-24-20(21(23)30)22(28-18)25-15-7-6-12(2)13(3)10-15/h5-7,10-11,14,16-17H,1,8-9H2,2-4H3,(H2,23,30)(H,27,29)(H2,25,26,28)/t14-,16-,17?/m1/s1. The van der Waals surface area contributed by atoms with Crippen LogP contribution in [-0.2, 0) is 4.79 Å². The Bertz CT molecular complexity index is 974. The van der Waals surface area contributed by atoms with Gasteiger partial charge in [-0.25, -0.2) is 9.97 Å². The quantitative estimate of drug-likeness (QED) is 0.523. The first kappa shape index (κ1) is 21.3. The molecule has 0 spiro atoms. The Morgan fingerprint density at radius 3 is 2.60 bits per heavy atom. The van der Waals surface area contributed by atoms with Crippen LogP contribution < -0.4 is 21.7 Å². The predicted molar refractivity (Wildman–Crippen MR) is 118 cm³/mol. The predicted octanol–water partition coefficient (Wildman–Crippen LogP) is 2.82. The van der Waals surface area contributed by atoms with Crippen molar-refractivity contribution in [1.82, 2.24) is 15.3 Å². The summed E-state index contributed by atoms with van der Waals surface area (Å²) in [4.78, 5) is 32.2. The fourth-order valence-corrected chi connectivity index (χ4v) is 3.69. The first-order valence-electron chi connectivity index (χ1n) is 9.99. The Kier molecular flexibility index (Phi) is 6.34. The number of anilines is 3. The van der Waals surface area contributed by atoms with Gasteiger partial charge in [0.2, 0.25) is 5.91 Å². The van der Waals surface area contributed by atoms with Gasteiger partial charge in [-0.1, -0.05) is 19.6 Å². The zero-order chi connectivity index (χ0) is 21.8. The smallest absolute Gasteiger partial charge is 0.271 e. The molecule has 5 N–H and O–H groups in total. The fraction of sp³-hybridized carbons (Fsp3) is 0.364. The molecular weight excluding hydrogens is 380 g/mol. The second kappa shape index (κ2) is 8.94. The number of benzene rings is 1. The molecular formula is C22H28N6O2. The summed E-state index contributed by atoms with van der Waals surface area (Å²) in [6.07, 6.45) is 4.53. The average Bonchev–Trinajstić information content (AvgIpc) is 3.04. The highest BCUT2D eigenvalue weighted by Crippen LogP contribution is 2.29. The van der Waals surface area contributed by atoms with Gasteiger partial charge in [0, 0.05) is 17.8 Å². The molecule has 1 saturated carbocycles. The summed E-state index contributed by atoms with van der Waals surface area (Å²) in [5.74, 6) is 0.222. The van der Waals surface area contributed by atoms with E-state index >= 15 is 0 Å². The van der Waals surface area contributed by atoms with Crippen LogP contribution in [0.25, 0.3) is 0 Å². The number of hydrogen-bond donors (Lipinski definition) is 4. The molecule has 0 bridgehead atoms. The van der Waals surface area contributed by atoms with Crippen molar-refractivity contribution in [3.05, 3.63) is 53.9 Å². The monoisotopic (exact) mass is 408 g/mol. The van der Waals surface area contributed by atoms with E-state index in [2.05, 4.69) is 39.4 Å². The van der Waals surface area contributed by atoms with Gasteiger partial charge in [0.15, 0.2) is 11.5 Å². The van der Waals surface area contributed by atoms with E-state index in [9.17, 15) is 9.59 Å². The summed E-state index contributed by atoms with van der Waals surface area (Å²) in [5.41, 5.74) is 8.66. The molecule has 1 aliphatic carbocycles. The number of nitrogens with zero attached hydrogens (tertiary/aromatic N) is 2. The Hall–Kier alpha value is -3.42. The lowest BCUT2D eigenvalue weighted by Crippen LogP contribution is -2.39. The Morgan fingerprint density at radius 1 is 1.20 bits per heavy atom. The van der Waals surface area contributed by atoms with Crippen LogP contribution in [0.3, 0.4) is 0 Å². The van der Waals surface area contributed by atoms with Crippen molar-refractivity contribution in [2.75, 3.05) is 10.6 Å². The van der Waals surface area contributed by atoms with Crippen LogP contribution in [0.5, 0.6) is 0 Å². The summed E-state index contributed by atoms with van der Waals surface area (Å²) in [7, 11) is 0. The van der Waals surface area contributed by atoms with E-state index in [1.165, 1.54) is 17.8 Å². The SMILES string of the molecule is C=CC(=O)NC1CC[C@@H](Nc2cnc(C(N)=O)c(Nc3ccc(C)c(C)c3)n2)[C@H]1C. The van der Waals surface area contributed by atoms with Crippen LogP contribution >= 0.6 is 0 Å². The van der Waals surface area contributed by atoms with E-state index in [0.29, 0.717) is 11.6 Å². The lowest BCUT2D eigenvalue weighted by molar-refractivity contribution is -0.117. The third-order valence-electron chi connectivity index (χ3n) is 5.68. The van der Waals surface area contributed by atoms with Gasteiger partial charge in [-0.3, -0.25) is 9.59 Å². The zero-order valence-electron chi connectivity index (χ0n) is 17.5. The number of aromatic nitrogens is 2. The van der Waals surface area contributed by atoms with Gasteiger partial charge in [-0.15, -0.1) is 0 Å². The molecule has 1 aromatic carbocycles. The second-order valence-corrected chi connectivity index (χ2v) is 7.75. The molecule has 2 aromatic rings. The van der Waals surface area contributed by atoms with Crippen LogP contribution in [0.15, 0.2) is 37.1 Å². The van der Waals surface area contributed by atoms with E-state index in [0.717, 1.165) is 24.1 Å². The number of hydrogen-bond acceptors (Lipinski definition) is 6. The molecule has 3 rings (SSSR count). The maximum Gasteiger partial charge on any atom is 0.271 e. The van der Waals surface area contributed by atoms with Gasteiger partial charge < -0.3 is 21.7 Å².